The van der Waals surface area contributed by atoms with E-state index in [9.17, 15) is 13.2 Å². The van der Waals surface area contributed by atoms with Gasteiger partial charge in [-0.05, 0) is 24.5 Å². The molecule has 1 unspecified atom stereocenters. The summed E-state index contributed by atoms with van der Waals surface area (Å²) in [4.78, 5) is 1.38. The Morgan fingerprint density at radius 2 is 2.00 bits per heavy atom. The zero-order chi connectivity index (χ0) is 12.5. The summed E-state index contributed by atoms with van der Waals surface area (Å²) in [5, 5.41) is 0. The van der Waals surface area contributed by atoms with Crippen LogP contribution >= 0.6 is 0 Å². The first kappa shape index (κ1) is 12.2. The molecule has 0 aromatic heterocycles. The summed E-state index contributed by atoms with van der Waals surface area (Å²) in [5.74, 6) is 0. The number of para-hydroxylation sites is 1. The van der Waals surface area contributed by atoms with Crippen LogP contribution in [-0.2, 0) is 0 Å². The lowest BCUT2D eigenvalue weighted by Gasteiger charge is -2.26. The summed E-state index contributed by atoms with van der Waals surface area (Å²) in [7, 11) is 0. The smallest absolute Gasteiger partial charge is 0.362 e. The molecular weight excluding hydrogens is 229 g/mol. The Morgan fingerprint density at radius 1 is 1.29 bits per heavy atom. The van der Waals surface area contributed by atoms with Crippen LogP contribution in [0.2, 0.25) is 0 Å². The summed E-state index contributed by atoms with van der Waals surface area (Å²) >= 11 is 0. The summed E-state index contributed by atoms with van der Waals surface area (Å²) in [6.07, 6.45) is -2.77. The third kappa shape index (κ3) is 2.91. The van der Waals surface area contributed by atoms with Gasteiger partial charge in [0.1, 0.15) is 6.54 Å². The molecule has 1 aliphatic rings. The SMILES string of the molecule is NC1CCCN(CC(F)(F)F)c2ccccc21. The molecule has 0 saturated carbocycles. The van der Waals surface area contributed by atoms with Gasteiger partial charge in [-0.25, -0.2) is 0 Å². The molecule has 0 fully saturated rings. The summed E-state index contributed by atoms with van der Waals surface area (Å²) in [5.41, 5.74) is 7.40. The van der Waals surface area contributed by atoms with Crippen LogP contribution < -0.4 is 10.6 Å². The van der Waals surface area contributed by atoms with Crippen LogP contribution in [0.25, 0.3) is 0 Å². The number of nitrogens with zero attached hydrogens (tertiary/aromatic N) is 1. The fourth-order valence-corrected chi connectivity index (χ4v) is 2.25. The third-order valence-electron chi connectivity index (χ3n) is 2.99. The first-order valence-electron chi connectivity index (χ1n) is 5.63. The molecule has 0 radical (unpaired) electrons. The molecule has 2 N–H and O–H groups in total. The van der Waals surface area contributed by atoms with E-state index in [1.165, 1.54) is 4.90 Å². The Labute approximate surface area is 98.2 Å². The summed E-state index contributed by atoms with van der Waals surface area (Å²) in [6.45, 7) is -0.499. The quantitative estimate of drug-likeness (QED) is 0.823. The first-order chi connectivity index (χ1) is 7.97. The van der Waals surface area contributed by atoms with Gasteiger partial charge in [0.2, 0.25) is 0 Å². The standard InChI is InChI=1S/C12H15F3N2/c13-12(14,15)8-17-7-3-5-10(16)9-4-1-2-6-11(9)17/h1-2,4,6,10H,3,5,7-8,16H2. The molecule has 94 valence electrons. The minimum absolute atomic E-state index is 0.163. The molecule has 1 aromatic carbocycles. The number of benzene rings is 1. The third-order valence-corrected chi connectivity index (χ3v) is 2.99. The maximum Gasteiger partial charge on any atom is 0.405 e. The normalized spacial score (nSPS) is 20.9. The van der Waals surface area contributed by atoms with Crippen molar-refractivity contribution in [2.24, 2.45) is 5.73 Å². The van der Waals surface area contributed by atoms with Gasteiger partial charge >= 0.3 is 6.18 Å². The molecule has 1 aromatic rings. The van der Waals surface area contributed by atoms with Crippen molar-refractivity contribution in [2.75, 3.05) is 18.0 Å². The number of anilines is 1. The molecule has 0 bridgehead atoms. The largest absolute Gasteiger partial charge is 0.405 e. The van der Waals surface area contributed by atoms with Crippen LogP contribution in [0.15, 0.2) is 24.3 Å². The number of nitrogens with two attached hydrogens (primary N) is 1. The average molecular weight is 244 g/mol. The fourth-order valence-electron chi connectivity index (χ4n) is 2.25. The van der Waals surface area contributed by atoms with E-state index in [0.717, 1.165) is 12.0 Å². The second kappa shape index (κ2) is 4.56. The monoisotopic (exact) mass is 244 g/mol. The molecule has 2 rings (SSSR count). The molecule has 0 aliphatic carbocycles. The van der Waals surface area contributed by atoms with Crippen molar-refractivity contribution in [2.45, 2.75) is 25.1 Å². The predicted octanol–water partition coefficient (Wildman–Crippen LogP) is 2.85. The maximum absolute atomic E-state index is 12.5. The predicted molar refractivity (Wildman–Crippen MR) is 60.9 cm³/mol. The minimum Gasteiger partial charge on any atom is -0.362 e. The minimum atomic E-state index is -4.18. The Balaban J connectivity index is 2.32. The van der Waals surface area contributed by atoms with Crippen molar-refractivity contribution in [1.82, 2.24) is 0 Å². The van der Waals surface area contributed by atoms with Crippen molar-refractivity contribution in [3.05, 3.63) is 29.8 Å². The molecule has 0 spiro atoms. The number of hydrogen-bond acceptors (Lipinski definition) is 2. The number of fused-ring (bicyclic) bond motifs is 1. The highest BCUT2D eigenvalue weighted by Gasteiger charge is 2.32. The second-order valence-electron chi connectivity index (χ2n) is 4.34. The fraction of sp³-hybridized carbons (Fsp3) is 0.500. The van der Waals surface area contributed by atoms with Crippen LogP contribution in [0.4, 0.5) is 18.9 Å². The van der Waals surface area contributed by atoms with E-state index in [1.54, 1.807) is 12.1 Å². The molecule has 5 heteroatoms. The van der Waals surface area contributed by atoms with Crippen molar-refractivity contribution < 1.29 is 13.2 Å². The van der Waals surface area contributed by atoms with Crippen molar-refractivity contribution in [3.8, 4) is 0 Å². The Bertz CT molecular complexity index is 390. The number of hydrogen-bond donors (Lipinski definition) is 1. The van der Waals surface area contributed by atoms with Crippen LogP contribution in [0, 0.1) is 0 Å². The van der Waals surface area contributed by atoms with Gasteiger partial charge in [0, 0.05) is 18.3 Å². The lowest BCUT2D eigenvalue weighted by atomic mass is 10.0. The summed E-state index contributed by atoms with van der Waals surface area (Å²) in [6, 6.07) is 6.93. The van der Waals surface area contributed by atoms with Gasteiger partial charge in [0.05, 0.1) is 0 Å². The van der Waals surface area contributed by atoms with Crippen LogP contribution in [0.3, 0.4) is 0 Å². The van der Waals surface area contributed by atoms with Crippen molar-refractivity contribution >= 4 is 5.69 Å². The van der Waals surface area contributed by atoms with Crippen molar-refractivity contribution in [1.29, 1.82) is 0 Å². The van der Waals surface area contributed by atoms with Crippen molar-refractivity contribution in [3.63, 3.8) is 0 Å². The van der Waals surface area contributed by atoms with Gasteiger partial charge in [0.15, 0.2) is 0 Å². The summed E-state index contributed by atoms with van der Waals surface area (Å²) < 4.78 is 37.5. The second-order valence-corrected chi connectivity index (χ2v) is 4.34. The number of rotatable bonds is 1. The van der Waals surface area contributed by atoms with Crippen LogP contribution in [-0.4, -0.2) is 19.3 Å². The number of halogens is 3. The molecule has 1 heterocycles. The van der Waals surface area contributed by atoms with E-state index in [1.807, 2.05) is 12.1 Å². The Hall–Kier alpha value is -1.23. The molecule has 1 atom stereocenters. The first-order valence-corrected chi connectivity index (χ1v) is 5.63. The highest BCUT2D eigenvalue weighted by Crippen LogP contribution is 2.33. The highest BCUT2D eigenvalue weighted by atomic mass is 19.4. The van der Waals surface area contributed by atoms with E-state index in [-0.39, 0.29) is 6.04 Å². The van der Waals surface area contributed by atoms with Gasteiger partial charge in [-0.1, -0.05) is 18.2 Å². The lowest BCUT2D eigenvalue weighted by molar-refractivity contribution is -0.119. The molecule has 17 heavy (non-hydrogen) atoms. The molecule has 0 amide bonds. The average Bonchev–Trinajstić information content (AvgIpc) is 2.39. The van der Waals surface area contributed by atoms with Gasteiger partial charge in [-0.3, -0.25) is 0 Å². The lowest BCUT2D eigenvalue weighted by Crippen LogP contribution is -2.34. The van der Waals surface area contributed by atoms with Gasteiger partial charge in [0.25, 0.3) is 0 Å². The molecule has 2 nitrogen and oxygen atoms in total. The molecular formula is C12H15F3N2. The topological polar surface area (TPSA) is 29.3 Å². The Morgan fingerprint density at radius 3 is 2.71 bits per heavy atom. The van der Waals surface area contributed by atoms with Crippen LogP contribution in [0.5, 0.6) is 0 Å². The van der Waals surface area contributed by atoms with E-state index >= 15 is 0 Å². The Kier molecular flexibility index (Phi) is 3.28. The van der Waals surface area contributed by atoms with E-state index in [4.69, 9.17) is 5.73 Å². The van der Waals surface area contributed by atoms with Gasteiger partial charge in [-0.15, -0.1) is 0 Å². The number of alkyl halides is 3. The van der Waals surface area contributed by atoms with E-state index in [0.29, 0.717) is 18.7 Å². The van der Waals surface area contributed by atoms with E-state index < -0.39 is 12.7 Å². The zero-order valence-corrected chi connectivity index (χ0v) is 9.37. The van der Waals surface area contributed by atoms with Gasteiger partial charge < -0.3 is 10.6 Å². The van der Waals surface area contributed by atoms with Crippen LogP contribution in [0.1, 0.15) is 24.4 Å². The molecule has 0 saturated heterocycles. The maximum atomic E-state index is 12.5. The highest BCUT2D eigenvalue weighted by molar-refractivity contribution is 5.55. The van der Waals surface area contributed by atoms with Gasteiger partial charge in [-0.2, -0.15) is 13.2 Å². The zero-order valence-electron chi connectivity index (χ0n) is 9.37. The molecule has 1 aliphatic heterocycles. The van der Waals surface area contributed by atoms with E-state index in [2.05, 4.69) is 0 Å².